The maximum Gasteiger partial charge on any atom is 0.151 e. The van der Waals surface area contributed by atoms with E-state index in [0.717, 1.165) is 49.4 Å². The van der Waals surface area contributed by atoms with Gasteiger partial charge < -0.3 is 10.0 Å². The number of aromatic nitrogens is 2. The maximum atomic E-state index is 10.2. The summed E-state index contributed by atoms with van der Waals surface area (Å²) < 4.78 is 0. The van der Waals surface area contributed by atoms with Gasteiger partial charge in [-0.05, 0) is 37.0 Å². The molecule has 4 rings (SSSR count). The molecule has 1 saturated heterocycles. The Morgan fingerprint density at radius 3 is 2.30 bits per heavy atom. The second-order valence-electron chi connectivity index (χ2n) is 7.49. The van der Waals surface area contributed by atoms with Crippen LogP contribution in [0.25, 0.3) is 11.3 Å². The van der Waals surface area contributed by atoms with E-state index in [9.17, 15) is 5.11 Å². The third kappa shape index (κ3) is 4.01. The summed E-state index contributed by atoms with van der Waals surface area (Å²) in [6.45, 7) is 1.95. The number of rotatable bonds is 5. The first kappa shape index (κ1) is 17.7. The minimum atomic E-state index is -0.126. The summed E-state index contributed by atoms with van der Waals surface area (Å²) in [7, 11) is 0. The molecule has 2 aromatic carbocycles. The molecule has 1 atom stereocenters. The molecule has 1 unspecified atom stereocenters. The quantitative estimate of drug-likeness (QED) is 0.749. The van der Waals surface area contributed by atoms with E-state index in [1.54, 1.807) is 0 Å². The Morgan fingerprint density at radius 2 is 1.63 bits per heavy atom. The minimum Gasteiger partial charge on any atom is -0.396 e. The fraction of sp³-hybridized carbons (Fsp3) is 0.304. The first-order chi connectivity index (χ1) is 13.3. The zero-order valence-corrected chi connectivity index (χ0v) is 15.5. The lowest BCUT2D eigenvalue weighted by Gasteiger charge is -2.42. The Bertz CT molecular complexity index is 852. The molecular weight excluding hydrogens is 334 g/mol. The number of aliphatic hydroxyl groups excluding tert-OH is 1. The van der Waals surface area contributed by atoms with Gasteiger partial charge in [0.25, 0.3) is 0 Å². The van der Waals surface area contributed by atoms with Gasteiger partial charge >= 0.3 is 0 Å². The molecule has 1 aliphatic heterocycles. The lowest BCUT2D eigenvalue weighted by atomic mass is 9.76. The van der Waals surface area contributed by atoms with Crippen LogP contribution in [0.1, 0.15) is 18.4 Å². The van der Waals surface area contributed by atoms with Gasteiger partial charge in [-0.1, -0.05) is 60.7 Å². The van der Waals surface area contributed by atoms with Crippen molar-refractivity contribution in [2.75, 3.05) is 24.6 Å². The molecule has 3 aromatic rings. The number of hydrogen-bond acceptors (Lipinski definition) is 4. The molecule has 1 fully saturated rings. The SMILES string of the molecule is OCC1(Cc2ccccc2)CCCN(c2ccc(-c3ccccc3)nn2)C1. The molecule has 1 aromatic heterocycles. The summed E-state index contributed by atoms with van der Waals surface area (Å²) in [6, 6.07) is 24.6. The molecule has 27 heavy (non-hydrogen) atoms. The Hall–Kier alpha value is -2.72. The van der Waals surface area contributed by atoms with Gasteiger partial charge in [0.05, 0.1) is 12.3 Å². The van der Waals surface area contributed by atoms with Gasteiger partial charge in [0.15, 0.2) is 5.82 Å². The molecule has 4 nitrogen and oxygen atoms in total. The molecule has 1 aliphatic rings. The predicted molar refractivity (Wildman–Crippen MR) is 109 cm³/mol. The van der Waals surface area contributed by atoms with Crippen molar-refractivity contribution in [1.29, 1.82) is 0 Å². The highest BCUT2D eigenvalue weighted by atomic mass is 16.3. The first-order valence-corrected chi connectivity index (χ1v) is 9.57. The van der Waals surface area contributed by atoms with E-state index >= 15 is 0 Å². The highest BCUT2D eigenvalue weighted by Crippen LogP contribution is 2.35. The number of benzene rings is 2. The summed E-state index contributed by atoms with van der Waals surface area (Å²) in [5.74, 6) is 0.889. The van der Waals surface area contributed by atoms with E-state index in [2.05, 4.69) is 39.4 Å². The van der Waals surface area contributed by atoms with Crippen LogP contribution in [0.2, 0.25) is 0 Å². The van der Waals surface area contributed by atoms with Gasteiger partial charge in [0.1, 0.15) is 0 Å². The smallest absolute Gasteiger partial charge is 0.151 e. The molecule has 2 heterocycles. The molecule has 4 heteroatoms. The van der Waals surface area contributed by atoms with Crippen molar-refractivity contribution in [2.24, 2.45) is 5.41 Å². The lowest BCUT2D eigenvalue weighted by molar-refractivity contribution is 0.105. The normalized spacial score (nSPS) is 19.8. The second-order valence-corrected chi connectivity index (χ2v) is 7.49. The van der Waals surface area contributed by atoms with Gasteiger partial charge in [-0.2, -0.15) is 0 Å². The lowest BCUT2D eigenvalue weighted by Crippen LogP contribution is -2.47. The van der Waals surface area contributed by atoms with Gasteiger partial charge in [-0.3, -0.25) is 0 Å². The Morgan fingerprint density at radius 1 is 0.889 bits per heavy atom. The van der Waals surface area contributed by atoms with Gasteiger partial charge in [-0.25, -0.2) is 0 Å². The van der Waals surface area contributed by atoms with E-state index in [0.29, 0.717) is 0 Å². The van der Waals surface area contributed by atoms with Crippen LogP contribution in [0.4, 0.5) is 5.82 Å². The summed E-state index contributed by atoms with van der Waals surface area (Å²) in [5, 5.41) is 19.1. The van der Waals surface area contributed by atoms with E-state index < -0.39 is 0 Å². The van der Waals surface area contributed by atoms with Crippen molar-refractivity contribution < 1.29 is 5.11 Å². The van der Waals surface area contributed by atoms with E-state index in [1.807, 2.05) is 48.5 Å². The van der Waals surface area contributed by atoms with E-state index in [1.165, 1.54) is 5.56 Å². The van der Waals surface area contributed by atoms with Crippen LogP contribution in [-0.2, 0) is 6.42 Å². The van der Waals surface area contributed by atoms with Crippen molar-refractivity contribution in [3.05, 3.63) is 78.4 Å². The van der Waals surface area contributed by atoms with Crippen LogP contribution in [0, 0.1) is 5.41 Å². The van der Waals surface area contributed by atoms with Crippen molar-refractivity contribution >= 4 is 5.82 Å². The molecule has 1 N–H and O–H groups in total. The Balaban J connectivity index is 1.52. The summed E-state index contributed by atoms with van der Waals surface area (Å²) in [5.41, 5.74) is 3.11. The fourth-order valence-electron chi connectivity index (χ4n) is 4.02. The number of hydrogen-bond donors (Lipinski definition) is 1. The number of piperidine rings is 1. The van der Waals surface area contributed by atoms with Crippen molar-refractivity contribution in [2.45, 2.75) is 19.3 Å². The molecule has 138 valence electrons. The number of nitrogens with zero attached hydrogens (tertiary/aromatic N) is 3. The van der Waals surface area contributed by atoms with Crippen molar-refractivity contribution in [3.63, 3.8) is 0 Å². The van der Waals surface area contributed by atoms with Crippen LogP contribution in [0.15, 0.2) is 72.8 Å². The van der Waals surface area contributed by atoms with Crippen molar-refractivity contribution in [3.8, 4) is 11.3 Å². The predicted octanol–water partition coefficient (Wildman–Crippen LogP) is 3.97. The molecule has 0 spiro atoms. The highest BCUT2D eigenvalue weighted by Gasteiger charge is 2.35. The molecule has 0 amide bonds. The van der Waals surface area contributed by atoms with E-state index in [-0.39, 0.29) is 12.0 Å². The third-order valence-electron chi connectivity index (χ3n) is 5.46. The molecule has 0 radical (unpaired) electrons. The average molecular weight is 359 g/mol. The monoisotopic (exact) mass is 359 g/mol. The summed E-state index contributed by atoms with van der Waals surface area (Å²) >= 11 is 0. The van der Waals surface area contributed by atoms with Gasteiger partial charge in [0.2, 0.25) is 0 Å². The van der Waals surface area contributed by atoms with E-state index in [4.69, 9.17) is 0 Å². The zero-order chi connectivity index (χ0) is 18.5. The molecule has 0 saturated carbocycles. The van der Waals surface area contributed by atoms with Crippen LogP contribution in [0.5, 0.6) is 0 Å². The second kappa shape index (κ2) is 7.89. The fourth-order valence-corrected chi connectivity index (χ4v) is 4.02. The first-order valence-electron chi connectivity index (χ1n) is 9.57. The zero-order valence-electron chi connectivity index (χ0n) is 15.5. The molecule has 0 bridgehead atoms. The number of aliphatic hydroxyl groups is 1. The summed E-state index contributed by atoms with van der Waals surface area (Å²) in [4.78, 5) is 2.27. The minimum absolute atomic E-state index is 0.126. The summed E-state index contributed by atoms with van der Waals surface area (Å²) in [6.07, 6.45) is 2.97. The largest absolute Gasteiger partial charge is 0.396 e. The standard InChI is InChI=1S/C23H25N3O/c27-18-23(16-19-8-3-1-4-9-19)14-7-15-26(17-23)22-13-12-21(24-25-22)20-10-5-2-6-11-20/h1-6,8-13,27H,7,14-18H2. The third-order valence-corrected chi connectivity index (χ3v) is 5.46. The van der Waals surface area contributed by atoms with Crippen LogP contribution < -0.4 is 4.90 Å². The van der Waals surface area contributed by atoms with Crippen LogP contribution in [-0.4, -0.2) is 35.0 Å². The van der Waals surface area contributed by atoms with Gasteiger partial charge in [0, 0.05) is 24.1 Å². The van der Waals surface area contributed by atoms with Gasteiger partial charge in [-0.15, -0.1) is 10.2 Å². The Kier molecular flexibility index (Phi) is 5.16. The van der Waals surface area contributed by atoms with Crippen LogP contribution in [0.3, 0.4) is 0 Å². The topological polar surface area (TPSA) is 49.2 Å². The molecule has 0 aliphatic carbocycles. The number of anilines is 1. The van der Waals surface area contributed by atoms with Crippen LogP contribution >= 0.6 is 0 Å². The highest BCUT2D eigenvalue weighted by molar-refractivity contribution is 5.59. The van der Waals surface area contributed by atoms with Crippen molar-refractivity contribution in [1.82, 2.24) is 10.2 Å². The Labute approximate surface area is 160 Å². The molecular formula is C23H25N3O. The average Bonchev–Trinajstić information content (AvgIpc) is 2.75. The maximum absolute atomic E-state index is 10.2.